The molecule has 0 fully saturated rings. The molecule has 122 valence electrons. The molecule has 4 nitrogen and oxygen atoms in total. The fraction of sp³-hybridized carbons (Fsp3) is 0.529. The number of alkyl halides is 1. The van der Waals surface area contributed by atoms with Crippen LogP contribution in [0, 0.1) is 19.3 Å². The van der Waals surface area contributed by atoms with E-state index in [-0.39, 0.29) is 17.9 Å². The Labute approximate surface area is 146 Å². The van der Waals surface area contributed by atoms with Gasteiger partial charge >= 0.3 is 0 Å². The van der Waals surface area contributed by atoms with Crippen LogP contribution in [0.1, 0.15) is 38.3 Å². The summed E-state index contributed by atoms with van der Waals surface area (Å²) in [5.41, 5.74) is 3.96. The van der Waals surface area contributed by atoms with Crippen molar-refractivity contribution in [3.05, 3.63) is 29.3 Å². The lowest BCUT2D eigenvalue weighted by molar-refractivity contribution is -0.120. The minimum Gasteiger partial charge on any atom is -0.386 e. The third kappa shape index (κ3) is 5.59. The summed E-state index contributed by atoms with van der Waals surface area (Å²) in [5.74, 6) is -0.200. The highest BCUT2D eigenvalue weighted by Crippen LogP contribution is 2.26. The van der Waals surface area contributed by atoms with Gasteiger partial charge in [-0.05, 0) is 50.5 Å². The van der Waals surface area contributed by atoms with Crippen LogP contribution in [-0.4, -0.2) is 22.7 Å². The number of benzene rings is 1. The van der Waals surface area contributed by atoms with Crippen molar-refractivity contribution >= 4 is 39.9 Å². The van der Waals surface area contributed by atoms with Gasteiger partial charge in [-0.15, -0.1) is 0 Å². The van der Waals surface area contributed by atoms with Crippen molar-refractivity contribution in [3.8, 4) is 0 Å². The number of aryl methyl sites for hydroxylation is 2. The third-order valence-electron chi connectivity index (χ3n) is 3.85. The molecule has 0 aliphatic carbocycles. The van der Waals surface area contributed by atoms with Gasteiger partial charge in [0.25, 0.3) is 5.91 Å². The van der Waals surface area contributed by atoms with E-state index < -0.39 is 0 Å². The van der Waals surface area contributed by atoms with Gasteiger partial charge in [0.1, 0.15) is 0 Å². The van der Waals surface area contributed by atoms with Crippen molar-refractivity contribution in [2.24, 2.45) is 10.6 Å². The first-order valence-corrected chi connectivity index (χ1v) is 8.94. The molecule has 1 aromatic rings. The predicted molar refractivity (Wildman–Crippen MR) is 101 cm³/mol. The number of hydrogen-bond donors (Lipinski definition) is 1. The molecule has 0 saturated heterocycles. The van der Waals surface area contributed by atoms with Crippen LogP contribution in [0.3, 0.4) is 0 Å². The van der Waals surface area contributed by atoms with Crippen LogP contribution in [0.15, 0.2) is 23.4 Å². The van der Waals surface area contributed by atoms with E-state index in [9.17, 15) is 4.79 Å². The minimum atomic E-state index is -0.200. The van der Waals surface area contributed by atoms with Gasteiger partial charge in [-0.3, -0.25) is 4.79 Å². The molecule has 0 aliphatic heterocycles. The topological polar surface area (TPSA) is 50.7 Å². The molecule has 1 atom stereocenters. The van der Waals surface area contributed by atoms with Crippen LogP contribution in [-0.2, 0) is 9.63 Å². The highest BCUT2D eigenvalue weighted by Gasteiger charge is 2.24. The second kappa shape index (κ2) is 8.50. The number of nitrogens with one attached hydrogen (secondary N) is 1. The Kier molecular flexibility index (Phi) is 7.32. The summed E-state index contributed by atoms with van der Waals surface area (Å²) < 4.78 is 0.967. The maximum atomic E-state index is 11.9. The molecule has 0 aromatic heterocycles. The normalized spacial score (nSPS) is 14.4. The van der Waals surface area contributed by atoms with Gasteiger partial charge in [-0.25, -0.2) is 0 Å². The molecule has 1 rings (SSSR count). The fourth-order valence-electron chi connectivity index (χ4n) is 1.99. The van der Waals surface area contributed by atoms with E-state index in [2.05, 4.69) is 53.0 Å². The van der Waals surface area contributed by atoms with Crippen LogP contribution in [0.2, 0.25) is 0 Å². The zero-order valence-corrected chi connectivity index (χ0v) is 16.2. The number of oxime groups is 1. The average Bonchev–Trinajstić information content (AvgIpc) is 2.45. The molecule has 1 unspecified atom stereocenters. The standard InChI is InChI=1S/C17H25IN2O2/c1-6-17(5,11-18)14(4)20-22-10-16(21)19-15-8-12(2)7-13(3)9-15/h7-9H,6,10-11H2,1-5H3,(H,19,21)/b20-14+. The summed E-state index contributed by atoms with van der Waals surface area (Å²) in [6, 6.07) is 5.93. The molecule has 0 radical (unpaired) electrons. The Balaban J connectivity index is 2.56. The van der Waals surface area contributed by atoms with Gasteiger partial charge in [0.2, 0.25) is 0 Å². The first-order chi connectivity index (χ1) is 10.3. The van der Waals surface area contributed by atoms with E-state index in [1.54, 1.807) is 0 Å². The summed E-state index contributed by atoms with van der Waals surface area (Å²) in [4.78, 5) is 17.1. The number of hydrogen-bond acceptors (Lipinski definition) is 3. The quantitative estimate of drug-likeness (QED) is 0.308. The van der Waals surface area contributed by atoms with Gasteiger partial charge in [0.05, 0.1) is 5.71 Å². The van der Waals surface area contributed by atoms with Crippen molar-refractivity contribution in [1.82, 2.24) is 0 Å². The Hall–Kier alpha value is -1.11. The molecule has 1 aromatic carbocycles. The number of anilines is 1. The molecular formula is C17H25IN2O2. The van der Waals surface area contributed by atoms with Crippen LogP contribution >= 0.6 is 22.6 Å². The van der Waals surface area contributed by atoms with Crippen LogP contribution in [0.5, 0.6) is 0 Å². The maximum Gasteiger partial charge on any atom is 0.265 e. The largest absolute Gasteiger partial charge is 0.386 e. The molecule has 0 heterocycles. The molecule has 0 saturated carbocycles. The first-order valence-electron chi connectivity index (χ1n) is 7.42. The van der Waals surface area contributed by atoms with E-state index >= 15 is 0 Å². The van der Waals surface area contributed by atoms with Crippen LogP contribution in [0.4, 0.5) is 5.69 Å². The fourth-order valence-corrected chi connectivity index (χ4v) is 3.08. The summed E-state index contributed by atoms with van der Waals surface area (Å²) in [6.07, 6.45) is 0.989. The Bertz CT molecular complexity index is 531. The molecular weight excluding hydrogens is 391 g/mol. The van der Waals surface area contributed by atoms with Gasteiger partial charge in [-0.1, -0.05) is 47.7 Å². The smallest absolute Gasteiger partial charge is 0.265 e. The summed E-state index contributed by atoms with van der Waals surface area (Å²) >= 11 is 2.35. The lowest BCUT2D eigenvalue weighted by Crippen LogP contribution is -2.27. The van der Waals surface area contributed by atoms with Crippen LogP contribution in [0.25, 0.3) is 0 Å². The van der Waals surface area contributed by atoms with Gasteiger partial charge in [0, 0.05) is 15.5 Å². The molecule has 1 amide bonds. The van der Waals surface area contributed by atoms with Crippen molar-refractivity contribution in [2.75, 3.05) is 16.4 Å². The van der Waals surface area contributed by atoms with E-state index in [0.29, 0.717) is 0 Å². The second-order valence-corrected chi connectivity index (χ2v) is 6.69. The van der Waals surface area contributed by atoms with E-state index in [4.69, 9.17) is 4.84 Å². The molecule has 0 aliphatic rings. The first kappa shape index (κ1) is 18.9. The van der Waals surface area contributed by atoms with Gasteiger partial charge in [0.15, 0.2) is 6.61 Å². The number of amides is 1. The SMILES string of the molecule is CCC(C)(CI)/C(C)=N/OCC(=O)Nc1cc(C)cc(C)c1. The summed E-state index contributed by atoms with van der Waals surface area (Å²) in [6.45, 7) is 10.2. The van der Waals surface area contributed by atoms with E-state index in [0.717, 1.165) is 33.4 Å². The van der Waals surface area contributed by atoms with Crippen molar-refractivity contribution in [1.29, 1.82) is 0 Å². The van der Waals surface area contributed by atoms with Crippen molar-refractivity contribution in [3.63, 3.8) is 0 Å². The highest BCUT2D eigenvalue weighted by molar-refractivity contribution is 14.1. The number of nitrogens with zero attached hydrogens (tertiary/aromatic N) is 1. The zero-order valence-electron chi connectivity index (χ0n) is 14.0. The average molecular weight is 416 g/mol. The highest BCUT2D eigenvalue weighted by atomic mass is 127. The number of halogens is 1. The molecule has 0 spiro atoms. The second-order valence-electron chi connectivity index (χ2n) is 5.92. The maximum absolute atomic E-state index is 11.9. The lowest BCUT2D eigenvalue weighted by atomic mass is 9.86. The minimum absolute atomic E-state index is 0.0185. The number of carbonyl (C=O) groups excluding carboxylic acids is 1. The van der Waals surface area contributed by atoms with E-state index in [1.165, 1.54) is 0 Å². The molecule has 1 N–H and O–H groups in total. The van der Waals surface area contributed by atoms with Gasteiger partial charge in [-0.2, -0.15) is 0 Å². The Morgan fingerprint density at radius 3 is 2.41 bits per heavy atom. The third-order valence-corrected chi connectivity index (χ3v) is 5.53. The monoisotopic (exact) mass is 416 g/mol. The van der Waals surface area contributed by atoms with Crippen molar-refractivity contribution < 1.29 is 9.63 Å². The summed E-state index contributed by atoms with van der Waals surface area (Å²) in [7, 11) is 0. The van der Waals surface area contributed by atoms with Crippen molar-refractivity contribution in [2.45, 2.75) is 41.0 Å². The van der Waals surface area contributed by atoms with E-state index in [1.807, 2.05) is 32.9 Å². The molecule has 5 heteroatoms. The Morgan fingerprint density at radius 1 is 1.32 bits per heavy atom. The van der Waals surface area contributed by atoms with Crippen LogP contribution < -0.4 is 5.32 Å². The Morgan fingerprint density at radius 2 is 1.91 bits per heavy atom. The zero-order chi connectivity index (χ0) is 16.8. The predicted octanol–water partition coefficient (Wildman–Crippen LogP) is 4.49. The molecule has 22 heavy (non-hydrogen) atoms. The number of carbonyl (C=O) groups is 1. The number of rotatable bonds is 7. The van der Waals surface area contributed by atoms with Gasteiger partial charge < -0.3 is 10.2 Å². The summed E-state index contributed by atoms with van der Waals surface area (Å²) in [5, 5.41) is 6.93. The lowest BCUT2D eigenvalue weighted by Gasteiger charge is -2.24. The molecule has 0 bridgehead atoms.